The number of carboxylic acids is 1. The first kappa shape index (κ1) is 15.3. The van der Waals surface area contributed by atoms with Gasteiger partial charge in [-0.2, -0.15) is 10.2 Å². The largest absolute Gasteiger partial charge is 0.478 e. The Morgan fingerprint density at radius 2 is 1.20 bits per heavy atom. The Morgan fingerprint density at radius 1 is 0.900 bits per heavy atom. The zero-order valence-corrected chi connectivity index (χ0v) is 11.2. The lowest BCUT2D eigenvalue weighted by Crippen LogP contribution is -1.92. The van der Waals surface area contributed by atoms with Crippen molar-refractivity contribution in [3.63, 3.8) is 0 Å². The van der Waals surface area contributed by atoms with E-state index in [2.05, 4.69) is 16.8 Å². The van der Waals surface area contributed by atoms with Crippen LogP contribution in [0.5, 0.6) is 0 Å². The smallest absolute Gasteiger partial charge is 0.330 e. The molecule has 0 saturated heterocycles. The molecule has 0 saturated carbocycles. The molecule has 2 rings (SSSR count). The highest BCUT2D eigenvalue weighted by Crippen LogP contribution is 2.16. The minimum atomic E-state index is -0.935. The predicted octanol–water partition coefficient (Wildman–Crippen LogP) is 4.75. The molecule has 0 heterocycles. The molecular formula is C16H16N2O2. The summed E-state index contributed by atoms with van der Waals surface area (Å²) in [4.78, 5) is 9.60. The van der Waals surface area contributed by atoms with Crippen molar-refractivity contribution in [3.05, 3.63) is 72.8 Å². The second-order valence-electron chi connectivity index (χ2n) is 3.96. The molecule has 1 N–H and O–H groups in total. The first-order valence-corrected chi connectivity index (χ1v) is 6.00. The van der Waals surface area contributed by atoms with E-state index in [1.165, 1.54) is 6.92 Å². The maximum absolute atomic E-state index is 9.60. The van der Waals surface area contributed by atoms with Gasteiger partial charge in [-0.15, -0.1) is 0 Å². The van der Waals surface area contributed by atoms with E-state index < -0.39 is 5.97 Å². The van der Waals surface area contributed by atoms with Crippen molar-refractivity contribution in [2.75, 3.05) is 0 Å². The number of nitrogens with zero attached hydrogens (tertiary/aromatic N) is 2. The van der Waals surface area contributed by atoms with Crippen molar-refractivity contribution >= 4 is 17.3 Å². The molecule has 0 aromatic heterocycles. The Kier molecular flexibility index (Phi) is 6.41. The highest BCUT2D eigenvalue weighted by Gasteiger charge is 1.90. The number of carboxylic acid groups (broad SMARTS) is 1. The van der Waals surface area contributed by atoms with E-state index in [9.17, 15) is 4.79 Å². The van der Waals surface area contributed by atoms with Crippen molar-refractivity contribution in [2.24, 2.45) is 10.2 Å². The van der Waals surface area contributed by atoms with Crippen LogP contribution in [0.4, 0.5) is 11.4 Å². The fraction of sp³-hybridized carbons (Fsp3) is 0.0625. The van der Waals surface area contributed by atoms with Crippen LogP contribution in [0.3, 0.4) is 0 Å². The molecule has 0 amide bonds. The van der Waals surface area contributed by atoms with Crippen molar-refractivity contribution in [1.29, 1.82) is 0 Å². The van der Waals surface area contributed by atoms with E-state index in [0.29, 0.717) is 0 Å². The fourth-order valence-corrected chi connectivity index (χ4v) is 1.10. The number of hydrogen-bond acceptors (Lipinski definition) is 3. The zero-order valence-electron chi connectivity index (χ0n) is 11.2. The van der Waals surface area contributed by atoms with Crippen LogP contribution in [0.15, 0.2) is 83.0 Å². The molecule has 0 spiro atoms. The van der Waals surface area contributed by atoms with Crippen LogP contribution in [0, 0.1) is 0 Å². The Bertz CT molecular complexity index is 524. The minimum Gasteiger partial charge on any atom is -0.478 e. The summed E-state index contributed by atoms with van der Waals surface area (Å²) in [6.07, 6.45) is 0. The van der Waals surface area contributed by atoms with Gasteiger partial charge in [0.25, 0.3) is 0 Å². The van der Waals surface area contributed by atoms with Crippen LogP contribution in [-0.2, 0) is 4.79 Å². The zero-order chi connectivity index (χ0) is 14.8. The molecule has 0 aliphatic carbocycles. The van der Waals surface area contributed by atoms with E-state index in [1.807, 2.05) is 60.7 Å². The molecule has 0 atom stereocenters. The first-order chi connectivity index (χ1) is 9.59. The summed E-state index contributed by atoms with van der Waals surface area (Å²) >= 11 is 0. The van der Waals surface area contributed by atoms with Crippen molar-refractivity contribution < 1.29 is 9.90 Å². The second kappa shape index (κ2) is 8.37. The van der Waals surface area contributed by atoms with E-state index in [0.717, 1.165) is 11.4 Å². The van der Waals surface area contributed by atoms with Gasteiger partial charge in [0.1, 0.15) is 0 Å². The van der Waals surface area contributed by atoms with Crippen LogP contribution in [0.25, 0.3) is 0 Å². The molecule has 0 unspecified atom stereocenters. The molecule has 0 aliphatic heterocycles. The second-order valence-corrected chi connectivity index (χ2v) is 3.96. The maximum atomic E-state index is 9.60. The molecular weight excluding hydrogens is 252 g/mol. The van der Waals surface area contributed by atoms with Gasteiger partial charge in [0, 0.05) is 5.57 Å². The monoisotopic (exact) mass is 268 g/mol. The van der Waals surface area contributed by atoms with E-state index in [-0.39, 0.29) is 5.57 Å². The third-order valence-corrected chi connectivity index (χ3v) is 2.16. The fourth-order valence-electron chi connectivity index (χ4n) is 1.10. The summed E-state index contributed by atoms with van der Waals surface area (Å²) in [7, 11) is 0. The normalized spacial score (nSPS) is 9.65. The van der Waals surface area contributed by atoms with E-state index in [1.54, 1.807) is 0 Å². The summed E-state index contributed by atoms with van der Waals surface area (Å²) in [6, 6.07) is 19.4. The van der Waals surface area contributed by atoms with Gasteiger partial charge in [-0.05, 0) is 31.2 Å². The number of benzene rings is 2. The third kappa shape index (κ3) is 6.26. The van der Waals surface area contributed by atoms with Crippen LogP contribution in [-0.4, -0.2) is 11.1 Å². The van der Waals surface area contributed by atoms with Gasteiger partial charge in [-0.3, -0.25) is 0 Å². The van der Waals surface area contributed by atoms with Crippen LogP contribution in [0.2, 0.25) is 0 Å². The number of carbonyl (C=O) groups is 1. The molecule has 102 valence electrons. The summed E-state index contributed by atoms with van der Waals surface area (Å²) in [5.74, 6) is -0.935. The number of aliphatic carboxylic acids is 1. The summed E-state index contributed by atoms with van der Waals surface area (Å²) in [5, 5.41) is 16.1. The highest BCUT2D eigenvalue weighted by atomic mass is 16.4. The van der Waals surface area contributed by atoms with Gasteiger partial charge >= 0.3 is 5.97 Å². The van der Waals surface area contributed by atoms with Crippen molar-refractivity contribution in [2.45, 2.75) is 6.92 Å². The van der Waals surface area contributed by atoms with Crippen LogP contribution in [0.1, 0.15) is 6.92 Å². The van der Waals surface area contributed by atoms with E-state index in [4.69, 9.17) is 5.11 Å². The molecule has 2 aromatic carbocycles. The summed E-state index contributed by atoms with van der Waals surface area (Å²) in [6.45, 7) is 4.60. The van der Waals surface area contributed by atoms with Crippen LogP contribution < -0.4 is 0 Å². The molecule has 0 fully saturated rings. The molecule has 4 heteroatoms. The lowest BCUT2D eigenvalue weighted by atomic mass is 10.3. The van der Waals surface area contributed by atoms with Gasteiger partial charge in [-0.1, -0.05) is 43.0 Å². The minimum absolute atomic E-state index is 0.176. The Balaban J connectivity index is 0.000000286. The van der Waals surface area contributed by atoms with Crippen molar-refractivity contribution in [1.82, 2.24) is 0 Å². The maximum Gasteiger partial charge on any atom is 0.330 e. The lowest BCUT2D eigenvalue weighted by Gasteiger charge is -1.91. The molecule has 20 heavy (non-hydrogen) atoms. The number of rotatable bonds is 3. The van der Waals surface area contributed by atoms with Gasteiger partial charge in [0.15, 0.2) is 0 Å². The standard InChI is InChI=1S/C12H10N2.C4H6O2/c1-3-7-11(8-4-1)13-14-12-9-5-2-6-10-12;1-3(2)4(5)6/h1-10H;1H2,2H3,(H,5,6). The van der Waals surface area contributed by atoms with E-state index >= 15 is 0 Å². The summed E-state index contributed by atoms with van der Waals surface area (Å²) < 4.78 is 0. The van der Waals surface area contributed by atoms with Crippen molar-refractivity contribution in [3.8, 4) is 0 Å². The predicted molar refractivity (Wildman–Crippen MR) is 79.5 cm³/mol. The molecule has 4 nitrogen and oxygen atoms in total. The van der Waals surface area contributed by atoms with Gasteiger partial charge in [0.05, 0.1) is 11.4 Å². The SMILES string of the molecule is C=C(C)C(=O)O.c1ccc(N=Nc2ccccc2)cc1. The van der Waals surface area contributed by atoms with Gasteiger partial charge in [0.2, 0.25) is 0 Å². The van der Waals surface area contributed by atoms with Gasteiger partial charge < -0.3 is 5.11 Å². The average Bonchev–Trinajstić information content (AvgIpc) is 2.48. The molecule has 0 bridgehead atoms. The number of hydrogen-bond donors (Lipinski definition) is 1. The Hall–Kier alpha value is -2.75. The van der Waals surface area contributed by atoms with Gasteiger partial charge in [-0.25, -0.2) is 4.79 Å². The Morgan fingerprint density at radius 3 is 1.45 bits per heavy atom. The average molecular weight is 268 g/mol. The highest BCUT2D eigenvalue weighted by molar-refractivity contribution is 5.84. The lowest BCUT2D eigenvalue weighted by molar-refractivity contribution is -0.132. The Labute approximate surface area is 118 Å². The number of azo groups is 1. The first-order valence-electron chi connectivity index (χ1n) is 6.00. The third-order valence-electron chi connectivity index (χ3n) is 2.16. The molecule has 2 aromatic rings. The molecule has 0 radical (unpaired) electrons. The quantitative estimate of drug-likeness (QED) is 0.645. The molecule has 0 aliphatic rings. The topological polar surface area (TPSA) is 62.0 Å². The summed E-state index contributed by atoms with van der Waals surface area (Å²) in [5.41, 5.74) is 1.92. The van der Waals surface area contributed by atoms with Crippen LogP contribution >= 0.6 is 0 Å².